The normalized spacial score (nSPS) is 33.2. The number of hydrogen-bond donors (Lipinski definition) is 1. The fraction of sp³-hybridized carbons (Fsp3) is 0.769. The van der Waals surface area contributed by atoms with E-state index >= 15 is 0 Å². The number of rotatable bonds is 4. The Bertz CT molecular complexity index is 390. The van der Waals surface area contributed by atoms with Crippen LogP contribution in [0.15, 0.2) is 12.4 Å². The maximum absolute atomic E-state index is 5.95. The summed E-state index contributed by atoms with van der Waals surface area (Å²) in [6.07, 6.45) is 9.92. The van der Waals surface area contributed by atoms with E-state index in [1.54, 1.807) is 0 Å². The molecule has 0 aliphatic carbocycles. The summed E-state index contributed by atoms with van der Waals surface area (Å²) in [7, 11) is 4.03. The minimum Gasteiger partial charge on any atom is -0.375 e. The van der Waals surface area contributed by atoms with E-state index in [0.717, 1.165) is 6.42 Å². The largest absolute Gasteiger partial charge is 0.375 e. The lowest BCUT2D eigenvalue weighted by Crippen LogP contribution is -2.40. The van der Waals surface area contributed by atoms with Crippen LogP contribution in [0.1, 0.15) is 24.8 Å². The first-order chi connectivity index (χ1) is 8.26. The smallest absolute Gasteiger partial charge is 0.0623 e. The summed E-state index contributed by atoms with van der Waals surface area (Å²) >= 11 is 0. The zero-order valence-electron chi connectivity index (χ0n) is 10.6. The van der Waals surface area contributed by atoms with Gasteiger partial charge in [-0.2, -0.15) is 5.10 Å². The topological polar surface area (TPSA) is 39.1 Å². The zero-order chi connectivity index (χ0) is 11.8. The third kappa shape index (κ3) is 2.11. The van der Waals surface area contributed by atoms with Crippen LogP contribution < -0.4 is 5.32 Å². The molecule has 1 aromatic heterocycles. The minimum atomic E-state index is 0.495. The summed E-state index contributed by atoms with van der Waals surface area (Å²) in [5.74, 6) is 0.680. The van der Waals surface area contributed by atoms with E-state index in [-0.39, 0.29) is 0 Å². The van der Waals surface area contributed by atoms with E-state index in [1.807, 2.05) is 17.9 Å². The Labute approximate surface area is 102 Å². The predicted molar refractivity (Wildman–Crippen MR) is 65.8 cm³/mol. The average Bonchev–Trinajstić information content (AvgIpc) is 3.01. The Morgan fingerprint density at radius 1 is 1.59 bits per heavy atom. The summed E-state index contributed by atoms with van der Waals surface area (Å²) in [5.41, 5.74) is 1.31. The third-order valence-electron chi connectivity index (χ3n) is 4.25. The molecule has 94 valence electrons. The van der Waals surface area contributed by atoms with E-state index in [1.165, 1.54) is 24.8 Å². The molecule has 4 unspecified atom stereocenters. The van der Waals surface area contributed by atoms with Crippen molar-refractivity contribution in [2.75, 3.05) is 7.05 Å². The summed E-state index contributed by atoms with van der Waals surface area (Å²) < 4.78 is 7.82. The maximum Gasteiger partial charge on any atom is 0.0623 e. The molecule has 1 N–H and O–H groups in total. The van der Waals surface area contributed by atoms with Gasteiger partial charge in [0, 0.05) is 25.2 Å². The van der Waals surface area contributed by atoms with Gasteiger partial charge in [0.15, 0.2) is 0 Å². The Balaban J connectivity index is 1.67. The van der Waals surface area contributed by atoms with Gasteiger partial charge in [-0.25, -0.2) is 0 Å². The van der Waals surface area contributed by atoms with E-state index in [4.69, 9.17) is 4.74 Å². The van der Waals surface area contributed by atoms with Gasteiger partial charge in [0.1, 0.15) is 0 Å². The molecule has 2 fully saturated rings. The number of likely N-dealkylation sites (N-methyl/N-ethyl adjacent to an activating group) is 1. The monoisotopic (exact) mass is 235 g/mol. The highest BCUT2D eigenvalue weighted by Crippen LogP contribution is 2.40. The van der Waals surface area contributed by atoms with Gasteiger partial charge in [0.25, 0.3) is 0 Å². The molecule has 0 spiro atoms. The summed E-state index contributed by atoms with van der Waals surface area (Å²) in [6, 6.07) is 0.523. The number of hydrogen-bond acceptors (Lipinski definition) is 3. The molecular formula is C13H21N3O. The van der Waals surface area contributed by atoms with Crippen molar-refractivity contribution in [3.63, 3.8) is 0 Å². The van der Waals surface area contributed by atoms with Gasteiger partial charge in [-0.1, -0.05) is 0 Å². The van der Waals surface area contributed by atoms with Crippen LogP contribution in [0, 0.1) is 5.92 Å². The minimum absolute atomic E-state index is 0.495. The van der Waals surface area contributed by atoms with E-state index < -0.39 is 0 Å². The van der Waals surface area contributed by atoms with Crippen LogP contribution in [0.4, 0.5) is 0 Å². The van der Waals surface area contributed by atoms with Crippen LogP contribution in [0.25, 0.3) is 0 Å². The van der Waals surface area contributed by atoms with Crippen molar-refractivity contribution in [1.82, 2.24) is 15.1 Å². The molecule has 0 amide bonds. The van der Waals surface area contributed by atoms with Gasteiger partial charge < -0.3 is 10.1 Å². The van der Waals surface area contributed by atoms with E-state index in [9.17, 15) is 0 Å². The van der Waals surface area contributed by atoms with Crippen molar-refractivity contribution in [3.8, 4) is 0 Å². The van der Waals surface area contributed by atoms with Gasteiger partial charge >= 0.3 is 0 Å². The molecule has 2 saturated heterocycles. The highest BCUT2D eigenvalue weighted by molar-refractivity contribution is 5.08. The highest BCUT2D eigenvalue weighted by Gasteiger charge is 2.43. The molecule has 2 aliphatic heterocycles. The number of nitrogens with one attached hydrogen (secondary N) is 1. The van der Waals surface area contributed by atoms with Crippen LogP contribution in [0.2, 0.25) is 0 Å². The zero-order valence-corrected chi connectivity index (χ0v) is 10.6. The second-order valence-electron chi connectivity index (χ2n) is 5.39. The number of fused-ring (bicyclic) bond motifs is 2. The van der Waals surface area contributed by atoms with Crippen LogP contribution in [0.3, 0.4) is 0 Å². The fourth-order valence-corrected chi connectivity index (χ4v) is 3.40. The fourth-order valence-electron chi connectivity index (χ4n) is 3.40. The van der Waals surface area contributed by atoms with Gasteiger partial charge in [0.2, 0.25) is 0 Å². The highest BCUT2D eigenvalue weighted by atomic mass is 16.5. The van der Waals surface area contributed by atoms with Crippen molar-refractivity contribution in [3.05, 3.63) is 18.0 Å². The molecule has 4 atom stereocenters. The number of ether oxygens (including phenoxy) is 1. The standard InChI is InChI=1S/C13H21N3O/c1-14-12(5-9-7-15-16(2)8-9)11-6-10-3-4-13(11)17-10/h7-8,10-14H,3-6H2,1-2H3. The van der Waals surface area contributed by atoms with Crippen molar-refractivity contribution in [1.29, 1.82) is 0 Å². The molecule has 2 bridgehead atoms. The van der Waals surface area contributed by atoms with Gasteiger partial charge in [-0.05, 0) is 38.3 Å². The van der Waals surface area contributed by atoms with E-state index in [0.29, 0.717) is 24.2 Å². The van der Waals surface area contributed by atoms with Crippen LogP contribution >= 0.6 is 0 Å². The molecule has 17 heavy (non-hydrogen) atoms. The second-order valence-corrected chi connectivity index (χ2v) is 5.39. The predicted octanol–water partition coefficient (Wildman–Crippen LogP) is 1.12. The lowest BCUT2D eigenvalue weighted by Gasteiger charge is -2.27. The van der Waals surface area contributed by atoms with Gasteiger partial charge in [0.05, 0.1) is 18.4 Å². The molecule has 0 saturated carbocycles. The third-order valence-corrected chi connectivity index (χ3v) is 4.25. The first-order valence-corrected chi connectivity index (χ1v) is 6.56. The Hall–Kier alpha value is -0.870. The van der Waals surface area contributed by atoms with Crippen LogP contribution in [-0.4, -0.2) is 35.1 Å². The number of nitrogens with zero attached hydrogens (tertiary/aromatic N) is 2. The SMILES string of the molecule is CNC(Cc1cnn(C)c1)C1CC2CCC1O2. The molecule has 4 heteroatoms. The molecule has 3 rings (SSSR count). The van der Waals surface area contributed by atoms with Crippen molar-refractivity contribution >= 4 is 0 Å². The molecule has 2 aliphatic rings. The quantitative estimate of drug-likeness (QED) is 0.850. The summed E-state index contributed by atoms with van der Waals surface area (Å²) in [6.45, 7) is 0. The van der Waals surface area contributed by atoms with Crippen LogP contribution in [0.5, 0.6) is 0 Å². The summed E-state index contributed by atoms with van der Waals surface area (Å²) in [5, 5.41) is 7.71. The summed E-state index contributed by atoms with van der Waals surface area (Å²) in [4.78, 5) is 0. The Morgan fingerprint density at radius 2 is 2.47 bits per heavy atom. The lowest BCUT2D eigenvalue weighted by molar-refractivity contribution is 0.0863. The second kappa shape index (κ2) is 4.42. The first kappa shape index (κ1) is 11.2. The Morgan fingerprint density at radius 3 is 3.00 bits per heavy atom. The number of aromatic nitrogens is 2. The molecule has 0 aromatic carbocycles. The van der Waals surface area contributed by atoms with Gasteiger partial charge in [-0.15, -0.1) is 0 Å². The molecular weight excluding hydrogens is 214 g/mol. The Kier molecular flexibility index (Phi) is 2.92. The maximum atomic E-state index is 5.95. The van der Waals surface area contributed by atoms with Crippen molar-refractivity contribution in [2.45, 2.75) is 43.9 Å². The van der Waals surface area contributed by atoms with Gasteiger partial charge in [-0.3, -0.25) is 4.68 Å². The molecule has 4 nitrogen and oxygen atoms in total. The lowest BCUT2D eigenvalue weighted by atomic mass is 9.82. The van der Waals surface area contributed by atoms with Crippen molar-refractivity contribution in [2.24, 2.45) is 13.0 Å². The number of aryl methyl sites for hydroxylation is 1. The average molecular weight is 235 g/mol. The first-order valence-electron chi connectivity index (χ1n) is 6.56. The van der Waals surface area contributed by atoms with E-state index in [2.05, 4.69) is 23.7 Å². The molecule has 0 radical (unpaired) electrons. The van der Waals surface area contributed by atoms with Crippen molar-refractivity contribution < 1.29 is 4.74 Å². The molecule has 1 aromatic rings. The molecule has 3 heterocycles. The van der Waals surface area contributed by atoms with Crippen LogP contribution in [-0.2, 0) is 18.2 Å².